The number of hydrogen-bond donors (Lipinski definition) is 0. The van der Waals surface area contributed by atoms with Crippen molar-refractivity contribution in [3.63, 3.8) is 0 Å². The zero-order valence-electron chi connectivity index (χ0n) is 14.2. The molecule has 1 atom stereocenters. The van der Waals surface area contributed by atoms with Gasteiger partial charge in [0.25, 0.3) is 5.56 Å². The Kier molecular flexibility index (Phi) is 4.07. The Balaban J connectivity index is 1.75. The van der Waals surface area contributed by atoms with Crippen LogP contribution in [0.1, 0.15) is 29.3 Å². The molecule has 0 radical (unpaired) electrons. The number of methoxy groups -OCH3 is 1. The molecule has 1 aliphatic carbocycles. The molecular weight excluding hydrogens is 339 g/mol. The van der Waals surface area contributed by atoms with Crippen molar-refractivity contribution < 1.29 is 9.13 Å². The number of aromatic nitrogens is 2. The highest BCUT2D eigenvalue weighted by Gasteiger charge is 2.23. The van der Waals surface area contributed by atoms with Gasteiger partial charge in [-0.3, -0.25) is 9.36 Å². The molecule has 2 heterocycles. The molecule has 1 aliphatic rings. The van der Waals surface area contributed by atoms with Gasteiger partial charge >= 0.3 is 0 Å². The molecular formula is C19H19FN2O2S. The van der Waals surface area contributed by atoms with E-state index in [1.807, 2.05) is 0 Å². The minimum absolute atomic E-state index is 0.0340. The second-order valence-corrected chi connectivity index (χ2v) is 7.76. The van der Waals surface area contributed by atoms with E-state index in [1.165, 1.54) is 23.6 Å². The number of hydrogen-bond acceptors (Lipinski definition) is 4. The van der Waals surface area contributed by atoms with Gasteiger partial charge in [0.2, 0.25) is 0 Å². The first-order chi connectivity index (χ1) is 12.1. The highest BCUT2D eigenvalue weighted by molar-refractivity contribution is 7.18. The summed E-state index contributed by atoms with van der Waals surface area (Å²) in [5.74, 6) is 0.430. The van der Waals surface area contributed by atoms with Crippen LogP contribution in [0.3, 0.4) is 0 Å². The molecule has 6 heteroatoms. The van der Waals surface area contributed by atoms with Crippen molar-refractivity contribution in [2.45, 2.75) is 32.7 Å². The topological polar surface area (TPSA) is 44.1 Å². The van der Waals surface area contributed by atoms with E-state index < -0.39 is 5.82 Å². The van der Waals surface area contributed by atoms with Crippen LogP contribution in [0.2, 0.25) is 0 Å². The normalized spacial score (nSPS) is 16.8. The van der Waals surface area contributed by atoms with E-state index in [1.54, 1.807) is 34.4 Å². The molecule has 0 N–H and O–H groups in total. The fraction of sp³-hybridized carbons (Fsp3) is 0.368. The first kappa shape index (κ1) is 16.3. The third-order valence-corrected chi connectivity index (χ3v) is 6.01. The van der Waals surface area contributed by atoms with Gasteiger partial charge in [0.05, 0.1) is 25.4 Å². The van der Waals surface area contributed by atoms with Crippen molar-refractivity contribution >= 4 is 21.6 Å². The Morgan fingerprint density at radius 2 is 2.28 bits per heavy atom. The minimum Gasteiger partial charge on any atom is -0.494 e. The van der Waals surface area contributed by atoms with Crippen LogP contribution in [0.4, 0.5) is 4.39 Å². The third-order valence-electron chi connectivity index (χ3n) is 4.85. The predicted octanol–water partition coefficient (Wildman–Crippen LogP) is 3.78. The number of benzene rings is 1. The van der Waals surface area contributed by atoms with Crippen molar-refractivity contribution in [1.82, 2.24) is 9.55 Å². The molecule has 0 saturated heterocycles. The maximum Gasteiger partial charge on any atom is 0.262 e. The van der Waals surface area contributed by atoms with Gasteiger partial charge in [-0.05, 0) is 48.4 Å². The highest BCUT2D eigenvalue weighted by atomic mass is 32.1. The van der Waals surface area contributed by atoms with Crippen LogP contribution in [0, 0.1) is 11.7 Å². The summed E-state index contributed by atoms with van der Waals surface area (Å²) >= 11 is 1.64. The van der Waals surface area contributed by atoms with E-state index in [-0.39, 0.29) is 11.3 Å². The van der Waals surface area contributed by atoms with Crippen molar-refractivity contribution in [3.8, 4) is 5.75 Å². The second-order valence-electron chi connectivity index (χ2n) is 6.68. The average molecular weight is 358 g/mol. The van der Waals surface area contributed by atoms with Gasteiger partial charge in [0.1, 0.15) is 4.83 Å². The van der Waals surface area contributed by atoms with E-state index >= 15 is 0 Å². The lowest BCUT2D eigenvalue weighted by Crippen LogP contribution is -2.22. The van der Waals surface area contributed by atoms with Crippen LogP contribution in [0.5, 0.6) is 5.75 Å². The monoisotopic (exact) mass is 358 g/mol. The van der Waals surface area contributed by atoms with Gasteiger partial charge in [-0.25, -0.2) is 9.37 Å². The number of rotatable bonds is 3. The third kappa shape index (κ3) is 2.84. The average Bonchev–Trinajstić information content (AvgIpc) is 2.95. The Morgan fingerprint density at radius 3 is 3.04 bits per heavy atom. The SMILES string of the molecule is COc1ccc(Cn2cnc3sc4c(c3c2=O)CCC(C)C4)cc1F. The van der Waals surface area contributed by atoms with E-state index in [4.69, 9.17) is 4.74 Å². The molecule has 0 saturated carbocycles. The van der Waals surface area contributed by atoms with Crippen LogP contribution >= 0.6 is 11.3 Å². The molecule has 0 amide bonds. The van der Waals surface area contributed by atoms with Gasteiger partial charge in [0, 0.05) is 4.88 Å². The molecule has 0 fully saturated rings. The summed E-state index contributed by atoms with van der Waals surface area (Å²) in [5, 5.41) is 0.753. The molecule has 4 rings (SSSR count). The molecule has 2 aromatic heterocycles. The minimum atomic E-state index is -0.427. The molecule has 3 aromatic rings. The summed E-state index contributed by atoms with van der Waals surface area (Å²) in [6.07, 6.45) is 4.64. The maximum absolute atomic E-state index is 13.9. The molecule has 4 nitrogen and oxygen atoms in total. The predicted molar refractivity (Wildman–Crippen MR) is 97.1 cm³/mol. The molecule has 1 aromatic carbocycles. The number of thiophene rings is 1. The van der Waals surface area contributed by atoms with Crippen LogP contribution < -0.4 is 10.3 Å². The summed E-state index contributed by atoms with van der Waals surface area (Å²) in [7, 11) is 1.43. The van der Waals surface area contributed by atoms with Gasteiger partial charge in [-0.15, -0.1) is 11.3 Å². The first-order valence-corrected chi connectivity index (χ1v) is 9.20. The van der Waals surface area contributed by atoms with Gasteiger partial charge in [-0.1, -0.05) is 13.0 Å². The van der Waals surface area contributed by atoms with Crippen molar-refractivity contribution in [2.75, 3.05) is 7.11 Å². The summed E-state index contributed by atoms with van der Waals surface area (Å²) in [6, 6.07) is 4.75. The molecule has 0 bridgehead atoms. The second kappa shape index (κ2) is 6.26. The van der Waals surface area contributed by atoms with E-state index in [0.717, 1.165) is 29.5 Å². The lowest BCUT2D eigenvalue weighted by molar-refractivity contribution is 0.386. The quantitative estimate of drug-likeness (QED) is 0.716. The Morgan fingerprint density at radius 1 is 1.44 bits per heavy atom. The number of nitrogens with zero attached hydrogens (tertiary/aromatic N) is 2. The smallest absolute Gasteiger partial charge is 0.262 e. The fourth-order valence-corrected chi connectivity index (χ4v) is 4.82. The summed E-state index contributed by atoms with van der Waals surface area (Å²) in [6.45, 7) is 2.54. The van der Waals surface area contributed by atoms with Crippen molar-refractivity contribution in [1.29, 1.82) is 0 Å². The number of aryl methyl sites for hydroxylation is 1. The van der Waals surface area contributed by atoms with Crippen LogP contribution in [-0.2, 0) is 19.4 Å². The molecule has 0 aliphatic heterocycles. The fourth-order valence-electron chi connectivity index (χ4n) is 3.48. The van der Waals surface area contributed by atoms with Crippen LogP contribution in [0.15, 0.2) is 29.3 Å². The lowest BCUT2D eigenvalue weighted by atomic mass is 9.89. The number of fused-ring (bicyclic) bond motifs is 3. The maximum atomic E-state index is 13.9. The zero-order valence-corrected chi connectivity index (χ0v) is 15.0. The van der Waals surface area contributed by atoms with Crippen molar-refractivity contribution in [3.05, 3.63) is 56.7 Å². The van der Waals surface area contributed by atoms with E-state index in [9.17, 15) is 9.18 Å². The number of halogens is 1. The zero-order chi connectivity index (χ0) is 17.6. The Labute approximate surface area is 148 Å². The first-order valence-electron chi connectivity index (χ1n) is 8.39. The summed E-state index contributed by atoms with van der Waals surface area (Å²) in [4.78, 5) is 19.6. The van der Waals surface area contributed by atoms with E-state index in [0.29, 0.717) is 18.0 Å². The van der Waals surface area contributed by atoms with Gasteiger partial charge < -0.3 is 4.74 Å². The van der Waals surface area contributed by atoms with E-state index in [2.05, 4.69) is 11.9 Å². The molecule has 1 unspecified atom stereocenters. The molecule has 130 valence electrons. The van der Waals surface area contributed by atoms with Crippen LogP contribution in [0.25, 0.3) is 10.2 Å². The molecule has 25 heavy (non-hydrogen) atoms. The Bertz CT molecular complexity index is 1010. The lowest BCUT2D eigenvalue weighted by Gasteiger charge is -2.17. The summed E-state index contributed by atoms with van der Waals surface area (Å²) < 4.78 is 20.4. The number of ether oxygens (including phenoxy) is 1. The summed E-state index contributed by atoms with van der Waals surface area (Å²) in [5.41, 5.74) is 1.85. The van der Waals surface area contributed by atoms with Gasteiger partial charge in [0.15, 0.2) is 11.6 Å². The largest absolute Gasteiger partial charge is 0.494 e. The van der Waals surface area contributed by atoms with Crippen LogP contribution in [-0.4, -0.2) is 16.7 Å². The highest BCUT2D eigenvalue weighted by Crippen LogP contribution is 2.35. The standard InChI is InChI=1S/C19H19FN2O2S/c1-11-3-5-13-16(7-11)25-18-17(13)19(23)22(10-21-18)9-12-4-6-15(24-2)14(20)8-12/h4,6,8,10-11H,3,5,7,9H2,1-2H3. The molecule has 0 spiro atoms. The van der Waals surface area contributed by atoms with Crippen molar-refractivity contribution in [2.24, 2.45) is 5.92 Å². The van der Waals surface area contributed by atoms with Gasteiger partial charge in [-0.2, -0.15) is 0 Å². The Hall–Kier alpha value is -2.21.